The van der Waals surface area contributed by atoms with Crippen molar-refractivity contribution >= 4 is 44.9 Å². The van der Waals surface area contributed by atoms with Gasteiger partial charge in [-0.25, -0.2) is 4.98 Å². The standard InChI is InChI=1S/C26H36N8O2S/c27-17-6-1-2-7-18(17)30-19-8-3-9-20-22(19)31-25(37-20)21-23(29-16-5-4-10-28-15-16)32-26(33-24(21)35)34-11-13-36-14-12-34/h3,8-9,16-18,21,28,30H,1-2,4-7,10-15,27H2,(H,29,32,33,35)/t16-,17-,18+,21?/m1/s1. The normalized spacial score (nSPS) is 30.3. The summed E-state index contributed by atoms with van der Waals surface area (Å²) in [5, 5.41) is 10.9. The third kappa shape index (κ3) is 5.36. The number of rotatable bonds is 4. The van der Waals surface area contributed by atoms with Gasteiger partial charge in [0.05, 0.1) is 29.6 Å². The van der Waals surface area contributed by atoms with E-state index in [4.69, 9.17) is 25.4 Å². The molecule has 1 saturated carbocycles. The molecule has 2 saturated heterocycles. The van der Waals surface area contributed by atoms with Gasteiger partial charge in [-0.2, -0.15) is 4.99 Å². The van der Waals surface area contributed by atoms with Crippen LogP contribution in [-0.2, 0) is 9.53 Å². The van der Waals surface area contributed by atoms with Crippen molar-refractivity contribution in [1.82, 2.24) is 20.5 Å². The molecular formula is C26H36N8O2S. The summed E-state index contributed by atoms with van der Waals surface area (Å²) in [6.45, 7) is 4.44. The molecule has 1 aromatic heterocycles. The molecule has 1 unspecified atom stereocenters. The second kappa shape index (κ2) is 11.0. The number of carbonyl (C=O) groups is 1. The number of amidine groups is 1. The number of hydrogen-bond acceptors (Lipinski definition) is 9. The molecule has 2 aromatic rings. The number of nitrogens with two attached hydrogens (primary N) is 1. The van der Waals surface area contributed by atoms with Crippen LogP contribution in [-0.4, -0.2) is 85.1 Å². The lowest BCUT2D eigenvalue weighted by Gasteiger charge is -2.33. The van der Waals surface area contributed by atoms with Gasteiger partial charge in [0, 0.05) is 31.7 Å². The summed E-state index contributed by atoms with van der Waals surface area (Å²) >= 11 is 1.54. The number of ether oxygens (including phenoxy) is 1. The lowest BCUT2D eigenvalue weighted by molar-refractivity contribution is -0.120. The Morgan fingerprint density at radius 1 is 1.16 bits per heavy atom. The van der Waals surface area contributed by atoms with E-state index in [9.17, 15) is 4.79 Å². The first-order chi connectivity index (χ1) is 18.2. The lowest BCUT2D eigenvalue weighted by atomic mass is 9.91. The summed E-state index contributed by atoms with van der Waals surface area (Å²) < 4.78 is 6.53. The lowest BCUT2D eigenvalue weighted by Crippen LogP contribution is -2.53. The number of thiazole rings is 1. The van der Waals surface area contributed by atoms with Gasteiger partial charge in [0.15, 0.2) is 0 Å². The van der Waals surface area contributed by atoms with Crippen LogP contribution in [0.15, 0.2) is 28.2 Å². The van der Waals surface area contributed by atoms with Crippen molar-refractivity contribution in [2.75, 3.05) is 44.7 Å². The Bertz CT molecular complexity index is 1180. The number of aromatic nitrogens is 1. The SMILES string of the molecule is N[C@@H]1CCCC[C@@H]1Nc1cccc2sc(C3C(=O)NC(N4CCOCC4)=NC3=N[C@@H]3CCCNC3)nc12. The molecular weight excluding hydrogens is 488 g/mol. The van der Waals surface area contributed by atoms with E-state index in [1.165, 1.54) is 12.8 Å². The number of guanidine groups is 1. The van der Waals surface area contributed by atoms with Crippen LogP contribution in [0.4, 0.5) is 5.69 Å². The van der Waals surface area contributed by atoms with E-state index in [2.05, 4.69) is 33.0 Å². The van der Waals surface area contributed by atoms with E-state index in [0.717, 1.165) is 59.7 Å². The molecule has 1 aliphatic carbocycles. The molecule has 3 fully saturated rings. The second-order valence-corrected chi connectivity index (χ2v) is 11.4. The zero-order valence-corrected chi connectivity index (χ0v) is 21.9. The van der Waals surface area contributed by atoms with Crippen molar-refractivity contribution in [3.05, 3.63) is 23.2 Å². The summed E-state index contributed by atoms with van der Waals surface area (Å²) in [5.74, 6) is 0.374. The first kappa shape index (κ1) is 24.7. The Labute approximate surface area is 221 Å². The molecule has 1 amide bonds. The number of piperidine rings is 1. The van der Waals surface area contributed by atoms with Crippen molar-refractivity contribution in [2.24, 2.45) is 15.7 Å². The predicted octanol–water partition coefficient (Wildman–Crippen LogP) is 2.03. The average Bonchev–Trinajstić information content (AvgIpc) is 3.35. The zero-order chi connectivity index (χ0) is 25.2. The highest BCUT2D eigenvalue weighted by molar-refractivity contribution is 7.19. The third-order valence-electron chi connectivity index (χ3n) is 7.71. The second-order valence-electron chi connectivity index (χ2n) is 10.3. The van der Waals surface area contributed by atoms with Crippen molar-refractivity contribution in [2.45, 2.75) is 62.6 Å². The topological polar surface area (TPSA) is 129 Å². The van der Waals surface area contributed by atoms with E-state index in [-0.39, 0.29) is 24.0 Å². The quantitative estimate of drug-likeness (QED) is 0.482. The highest BCUT2D eigenvalue weighted by Crippen LogP contribution is 2.35. The van der Waals surface area contributed by atoms with Crippen LogP contribution in [0.25, 0.3) is 10.2 Å². The maximum atomic E-state index is 13.6. The molecule has 1 aromatic carbocycles. The van der Waals surface area contributed by atoms with Crippen LogP contribution in [0.5, 0.6) is 0 Å². The van der Waals surface area contributed by atoms with Gasteiger partial charge < -0.3 is 26.0 Å². The number of fused-ring (bicyclic) bond motifs is 1. The Kier molecular flexibility index (Phi) is 7.36. The van der Waals surface area contributed by atoms with Crippen molar-refractivity contribution in [3.63, 3.8) is 0 Å². The molecule has 6 rings (SSSR count). The number of nitrogens with zero attached hydrogens (tertiary/aromatic N) is 4. The molecule has 3 aliphatic heterocycles. The fraction of sp³-hybridized carbons (Fsp3) is 0.615. The number of hydrogen-bond donors (Lipinski definition) is 4. The minimum Gasteiger partial charge on any atom is -0.379 e. The fourth-order valence-electron chi connectivity index (χ4n) is 5.63. The van der Waals surface area contributed by atoms with Crippen LogP contribution in [0.1, 0.15) is 49.5 Å². The summed E-state index contributed by atoms with van der Waals surface area (Å²) in [6, 6.07) is 6.64. The minimum atomic E-state index is -0.631. The van der Waals surface area contributed by atoms with Crippen LogP contribution in [0.3, 0.4) is 0 Å². The number of anilines is 1. The average molecular weight is 525 g/mol. The number of morpholine rings is 1. The van der Waals surface area contributed by atoms with Gasteiger partial charge in [0.25, 0.3) is 0 Å². The Morgan fingerprint density at radius 2 is 2.03 bits per heavy atom. The van der Waals surface area contributed by atoms with E-state index < -0.39 is 5.92 Å². The molecule has 198 valence electrons. The summed E-state index contributed by atoms with van der Waals surface area (Å²) in [6.07, 6.45) is 6.53. The number of para-hydroxylation sites is 1. The van der Waals surface area contributed by atoms with Crippen LogP contribution in [0.2, 0.25) is 0 Å². The molecule has 0 spiro atoms. The van der Waals surface area contributed by atoms with E-state index in [1.807, 2.05) is 6.07 Å². The number of aliphatic imine (C=N–C) groups is 2. The van der Waals surface area contributed by atoms with Crippen molar-refractivity contribution in [3.8, 4) is 0 Å². The monoisotopic (exact) mass is 524 g/mol. The molecule has 10 nitrogen and oxygen atoms in total. The predicted molar refractivity (Wildman–Crippen MR) is 148 cm³/mol. The van der Waals surface area contributed by atoms with Gasteiger partial charge in [0.1, 0.15) is 22.3 Å². The van der Waals surface area contributed by atoms with Gasteiger partial charge in [-0.3, -0.25) is 15.1 Å². The van der Waals surface area contributed by atoms with Gasteiger partial charge in [-0.1, -0.05) is 18.9 Å². The van der Waals surface area contributed by atoms with E-state index in [1.54, 1.807) is 11.3 Å². The van der Waals surface area contributed by atoms with E-state index >= 15 is 0 Å². The van der Waals surface area contributed by atoms with Gasteiger partial charge >= 0.3 is 0 Å². The van der Waals surface area contributed by atoms with Crippen LogP contribution in [0, 0.1) is 0 Å². The number of amides is 1. The van der Waals surface area contributed by atoms with Gasteiger partial charge in [-0.05, 0) is 44.4 Å². The minimum absolute atomic E-state index is 0.103. The highest BCUT2D eigenvalue weighted by atomic mass is 32.1. The van der Waals surface area contributed by atoms with Crippen molar-refractivity contribution in [1.29, 1.82) is 0 Å². The maximum Gasteiger partial charge on any atom is 0.244 e. The van der Waals surface area contributed by atoms with Gasteiger partial charge in [-0.15, -0.1) is 11.3 Å². The molecule has 4 aliphatic rings. The first-order valence-corrected chi connectivity index (χ1v) is 14.4. The molecule has 0 radical (unpaired) electrons. The molecule has 37 heavy (non-hydrogen) atoms. The number of nitrogens with one attached hydrogen (secondary N) is 3. The zero-order valence-electron chi connectivity index (χ0n) is 21.1. The Hall–Kier alpha value is -2.60. The highest BCUT2D eigenvalue weighted by Gasteiger charge is 2.37. The summed E-state index contributed by atoms with van der Waals surface area (Å²) in [7, 11) is 0. The Morgan fingerprint density at radius 3 is 2.84 bits per heavy atom. The molecule has 0 bridgehead atoms. The number of carbonyl (C=O) groups excluding carboxylic acids is 1. The van der Waals surface area contributed by atoms with Crippen LogP contribution >= 0.6 is 11.3 Å². The smallest absolute Gasteiger partial charge is 0.244 e. The molecule has 5 N–H and O–H groups in total. The first-order valence-electron chi connectivity index (χ1n) is 13.6. The largest absolute Gasteiger partial charge is 0.379 e. The van der Waals surface area contributed by atoms with E-state index in [0.29, 0.717) is 38.1 Å². The summed E-state index contributed by atoms with van der Waals surface area (Å²) in [4.78, 5) is 30.6. The molecule has 4 atom stereocenters. The van der Waals surface area contributed by atoms with Crippen LogP contribution < -0.4 is 21.7 Å². The van der Waals surface area contributed by atoms with Gasteiger partial charge in [0.2, 0.25) is 11.9 Å². The summed E-state index contributed by atoms with van der Waals surface area (Å²) in [5.41, 5.74) is 8.27. The number of benzene rings is 1. The molecule has 4 heterocycles. The third-order valence-corrected chi connectivity index (χ3v) is 8.80. The maximum absolute atomic E-state index is 13.6. The fourth-order valence-corrected chi connectivity index (χ4v) is 6.72. The molecule has 11 heteroatoms. The van der Waals surface area contributed by atoms with Crippen molar-refractivity contribution < 1.29 is 9.53 Å². The Balaban J connectivity index is 1.34.